The standard InChI is InChI=1S/C14H13BrClN/c1-10-4-2-7-13(16)14(10)17-9-11-5-3-6-12(15)8-11/h2-8,17H,9H2,1H3. The van der Waals surface area contributed by atoms with Crippen molar-refractivity contribution >= 4 is 33.2 Å². The SMILES string of the molecule is Cc1cccc(Cl)c1NCc1cccc(Br)c1. The Morgan fingerprint density at radius 3 is 2.65 bits per heavy atom. The van der Waals surface area contributed by atoms with E-state index in [4.69, 9.17) is 11.6 Å². The molecule has 88 valence electrons. The van der Waals surface area contributed by atoms with Crippen molar-refractivity contribution in [2.24, 2.45) is 0 Å². The molecule has 0 aliphatic carbocycles. The van der Waals surface area contributed by atoms with Crippen LogP contribution < -0.4 is 5.32 Å². The Hall–Kier alpha value is -0.990. The van der Waals surface area contributed by atoms with Gasteiger partial charge in [0.1, 0.15) is 0 Å². The maximum absolute atomic E-state index is 6.16. The summed E-state index contributed by atoms with van der Waals surface area (Å²) in [5.74, 6) is 0. The first-order chi connectivity index (χ1) is 8.16. The van der Waals surface area contributed by atoms with Crippen molar-refractivity contribution in [1.82, 2.24) is 0 Å². The Bertz CT molecular complexity index is 505. The number of para-hydroxylation sites is 1. The largest absolute Gasteiger partial charge is 0.380 e. The summed E-state index contributed by atoms with van der Waals surface area (Å²) in [5, 5.41) is 4.14. The van der Waals surface area contributed by atoms with Gasteiger partial charge in [-0.1, -0.05) is 51.8 Å². The minimum atomic E-state index is 0.764. The fraction of sp³-hybridized carbons (Fsp3) is 0.143. The van der Waals surface area contributed by atoms with E-state index in [0.717, 1.165) is 27.3 Å². The lowest BCUT2D eigenvalue weighted by Crippen LogP contribution is -2.01. The highest BCUT2D eigenvalue weighted by atomic mass is 79.9. The summed E-state index contributed by atoms with van der Waals surface area (Å²) in [5.41, 5.74) is 3.39. The maximum atomic E-state index is 6.16. The van der Waals surface area contributed by atoms with Gasteiger partial charge in [-0.3, -0.25) is 0 Å². The number of benzene rings is 2. The van der Waals surface area contributed by atoms with Crippen LogP contribution >= 0.6 is 27.5 Å². The minimum absolute atomic E-state index is 0.764. The number of halogens is 2. The van der Waals surface area contributed by atoms with E-state index in [1.165, 1.54) is 5.56 Å². The van der Waals surface area contributed by atoms with Gasteiger partial charge in [0.25, 0.3) is 0 Å². The van der Waals surface area contributed by atoms with Crippen molar-refractivity contribution in [1.29, 1.82) is 0 Å². The molecule has 3 heteroatoms. The fourth-order valence-electron chi connectivity index (χ4n) is 1.69. The van der Waals surface area contributed by atoms with Gasteiger partial charge >= 0.3 is 0 Å². The van der Waals surface area contributed by atoms with Crippen LogP contribution in [-0.4, -0.2) is 0 Å². The first-order valence-corrected chi connectivity index (χ1v) is 6.57. The summed E-state index contributed by atoms with van der Waals surface area (Å²) < 4.78 is 1.09. The smallest absolute Gasteiger partial charge is 0.0640 e. The monoisotopic (exact) mass is 309 g/mol. The van der Waals surface area contributed by atoms with Gasteiger partial charge in [-0.15, -0.1) is 0 Å². The van der Waals surface area contributed by atoms with E-state index >= 15 is 0 Å². The molecule has 2 rings (SSSR count). The highest BCUT2D eigenvalue weighted by Gasteiger charge is 2.02. The molecule has 2 aromatic carbocycles. The Kier molecular flexibility index (Phi) is 4.08. The molecule has 0 radical (unpaired) electrons. The molecule has 0 aliphatic heterocycles. The third kappa shape index (κ3) is 3.24. The topological polar surface area (TPSA) is 12.0 Å². The van der Waals surface area contributed by atoms with Gasteiger partial charge in [-0.05, 0) is 36.2 Å². The van der Waals surface area contributed by atoms with Crippen molar-refractivity contribution in [2.45, 2.75) is 13.5 Å². The van der Waals surface area contributed by atoms with Crippen molar-refractivity contribution in [3.8, 4) is 0 Å². The quantitative estimate of drug-likeness (QED) is 0.839. The molecule has 0 amide bonds. The summed E-state index contributed by atoms with van der Waals surface area (Å²) >= 11 is 9.62. The van der Waals surface area contributed by atoms with Crippen LogP contribution in [0.5, 0.6) is 0 Å². The van der Waals surface area contributed by atoms with Crippen LogP contribution in [-0.2, 0) is 6.54 Å². The second kappa shape index (κ2) is 5.56. The highest BCUT2D eigenvalue weighted by Crippen LogP contribution is 2.25. The third-order valence-corrected chi connectivity index (χ3v) is 3.39. The van der Waals surface area contributed by atoms with E-state index in [1.54, 1.807) is 0 Å². The van der Waals surface area contributed by atoms with Crippen LogP contribution in [0.2, 0.25) is 5.02 Å². The van der Waals surface area contributed by atoms with Gasteiger partial charge in [0.15, 0.2) is 0 Å². The van der Waals surface area contributed by atoms with Crippen LogP contribution in [0.1, 0.15) is 11.1 Å². The number of aryl methyl sites for hydroxylation is 1. The molecule has 0 fully saturated rings. The van der Waals surface area contributed by atoms with Gasteiger partial charge in [0, 0.05) is 11.0 Å². The van der Waals surface area contributed by atoms with E-state index in [9.17, 15) is 0 Å². The number of anilines is 1. The predicted molar refractivity (Wildman–Crippen MR) is 77.7 cm³/mol. The average Bonchev–Trinajstić information content (AvgIpc) is 2.28. The lowest BCUT2D eigenvalue weighted by molar-refractivity contribution is 1.14. The van der Waals surface area contributed by atoms with E-state index < -0.39 is 0 Å². The van der Waals surface area contributed by atoms with Crippen LogP contribution in [0.15, 0.2) is 46.9 Å². The molecule has 1 N–H and O–H groups in total. The molecule has 17 heavy (non-hydrogen) atoms. The van der Waals surface area contributed by atoms with Crippen LogP contribution in [0.4, 0.5) is 5.69 Å². The molecule has 0 bridgehead atoms. The van der Waals surface area contributed by atoms with E-state index in [2.05, 4.69) is 46.4 Å². The van der Waals surface area contributed by atoms with Crippen molar-refractivity contribution in [3.05, 3.63) is 63.1 Å². The molecule has 0 unspecified atom stereocenters. The number of hydrogen-bond acceptors (Lipinski definition) is 1. The average molecular weight is 311 g/mol. The zero-order chi connectivity index (χ0) is 12.3. The van der Waals surface area contributed by atoms with Gasteiger partial charge < -0.3 is 5.32 Å². The zero-order valence-corrected chi connectivity index (χ0v) is 11.8. The third-order valence-electron chi connectivity index (χ3n) is 2.58. The fourth-order valence-corrected chi connectivity index (χ4v) is 2.43. The molecule has 0 aliphatic rings. The molecular weight excluding hydrogens is 298 g/mol. The molecule has 0 aromatic heterocycles. The van der Waals surface area contributed by atoms with E-state index in [1.807, 2.05) is 24.3 Å². The molecular formula is C14H13BrClN. The first kappa shape index (κ1) is 12.5. The van der Waals surface area contributed by atoms with Crippen molar-refractivity contribution in [2.75, 3.05) is 5.32 Å². The highest BCUT2D eigenvalue weighted by molar-refractivity contribution is 9.10. The summed E-state index contributed by atoms with van der Waals surface area (Å²) in [6, 6.07) is 14.1. The van der Waals surface area contributed by atoms with Crippen molar-refractivity contribution < 1.29 is 0 Å². The Labute approximate surface area is 115 Å². The molecule has 0 heterocycles. The second-order valence-electron chi connectivity index (χ2n) is 3.92. The lowest BCUT2D eigenvalue weighted by atomic mass is 10.2. The molecule has 0 spiro atoms. The molecule has 2 aromatic rings. The second-order valence-corrected chi connectivity index (χ2v) is 5.24. The van der Waals surface area contributed by atoms with Crippen molar-refractivity contribution in [3.63, 3.8) is 0 Å². The van der Waals surface area contributed by atoms with Crippen LogP contribution in [0.3, 0.4) is 0 Å². The Balaban J connectivity index is 2.13. The van der Waals surface area contributed by atoms with E-state index in [-0.39, 0.29) is 0 Å². The van der Waals surface area contributed by atoms with Crippen LogP contribution in [0.25, 0.3) is 0 Å². The summed E-state index contributed by atoms with van der Waals surface area (Å²) in [6.07, 6.45) is 0. The first-order valence-electron chi connectivity index (χ1n) is 5.40. The maximum Gasteiger partial charge on any atom is 0.0640 e. The van der Waals surface area contributed by atoms with Gasteiger partial charge in [-0.2, -0.15) is 0 Å². The Morgan fingerprint density at radius 2 is 1.94 bits per heavy atom. The summed E-state index contributed by atoms with van der Waals surface area (Å²) in [4.78, 5) is 0. The molecule has 0 saturated heterocycles. The number of rotatable bonds is 3. The minimum Gasteiger partial charge on any atom is -0.380 e. The lowest BCUT2D eigenvalue weighted by Gasteiger charge is -2.11. The van der Waals surface area contributed by atoms with E-state index in [0.29, 0.717) is 0 Å². The molecule has 0 atom stereocenters. The van der Waals surface area contributed by atoms with Gasteiger partial charge in [-0.25, -0.2) is 0 Å². The summed E-state index contributed by atoms with van der Waals surface area (Å²) in [6.45, 7) is 2.82. The van der Waals surface area contributed by atoms with Gasteiger partial charge in [0.2, 0.25) is 0 Å². The number of hydrogen-bond donors (Lipinski definition) is 1. The molecule has 1 nitrogen and oxygen atoms in total. The number of nitrogens with one attached hydrogen (secondary N) is 1. The molecule has 0 saturated carbocycles. The Morgan fingerprint density at radius 1 is 1.18 bits per heavy atom. The zero-order valence-electron chi connectivity index (χ0n) is 9.50. The van der Waals surface area contributed by atoms with Gasteiger partial charge in [0.05, 0.1) is 10.7 Å². The van der Waals surface area contributed by atoms with Crippen LogP contribution in [0, 0.1) is 6.92 Å². The summed E-state index contributed by atoms with van der Waals surface area (Å²) in [7, 11) is 0. The normalized spacial score (nSPS) is 10.3. The predicted octanol–water partition coefficient (Wildman–Crippen LogP) is 5.02.